The normalized spacial score (nSPS) is 17.3. The third-order valence-electron chi connectivity index (χ3n) is 3.26. The number of thiophene rings is 1. The number of nitriles is 1. The average Bonchev–Trinajstić information content (AvgIpc) is 3.07. The van der Waals surface area contributed by atoms with E-state index in [2.05, 4.69) is 4.74 Å². The van der Waals surface area contributed by atoms with Crippen molar-refractivity contribution in [3.05, 3.63) is 45.2 Å². The lowest BCUT2D eigenvalue weighted by Crippen LogP contribution is -2.26. The van der Waals surface area contributed by atoms with E-state index in [1.807, 2.05) is 11.4 Å². The van der Waals surface area contributed by atoms with Crippen molar-refractivity contribution in [3.8, 4) is 6.07 Å². The molecule has 1 atom stereocenters. The van der Waals surface area contributed by atoms with Gasteiger partial charge in [-0.2, -0.15) is 5.26 Å². The van der Waals surface area contributed by atoms with Crippen LogP contribution in [0.2, 0.25) is 0 Å². The van der Waals surface area contributed by atoms with Crippen molar-refractivity contribution in [2.45, 2.75) is 12.3 Å². The summed E-state index contributed by atoms with van der Waals surface area (Å²) in [5.74, 6) is -2.14. The lowest BCUT2D eigenvalue weighted by atomic mass is 9.87. The Balaban J connectivity index is 2.62. The van der Waals surface area contributed by atoms with Gasteiger partial charge >= 0.3 is 11.9 Å². The molecule has 1 aromatic rings. The molecule has 0 saturated carbocycles. The largest absolute Gasteiger partial charge is 0.469 e. The zero-order valence-electron chi connectivity index (χ0n) is 12.5. The van der Waals surface area contributed by atoms with Crippen LogP contribution < -0.4 is 5.73 Å². The van der Waals surface area contributed by atoms with Gasteiger partial charge in [0.1, 0.15) is 23.8 Å². The van der Waals surface area contributed by atoms with Crippen LogP contribution in [0.4, 0.5) is 0 Å². The number of esters is 2. The average molecular weight is 334 g/mol. The van der Waals surface area contributed by atoms with E-state index in [1.54, 1.807) is 12.1 Å². The van der Waals surface area contributed by atoms with Gasteiger partial charge in [0.15, 0.2) is 0 Å². The van der Waals surface area contributed by atoms with Crippen LogP contribution in [0.1, 0.15) is 17.2 Å². The van der Waals surface area contributed by atoms with Crippen molar-refractivity contribution in [2.24, 2.45) is 5.73 Å². The summed E-state index contributed by atoms with van der Waals surface area (Å²) in [7, 11) is 2.44. The van der Waals surface area contributed by atoms with Crippen LogP contribution in [0.5, 0.6) is 0 Å². The first kappa shape index (κ1) is 16.6. The second kappa shape index (κ2) is 6.98. The van der Waals surface area contributed by atoms with Gasteiger partial charge in [0.05, 0.1) is 25.7 Å². The SMILES string of the molecule is COC(=O)CC1=C(C(=O)OC)[C@H](c2cccs2)C(C#N)=C(N)O1. The maximum atomic E-state index is 12.2. The van der Waals surface area contributed by atoms with Gasteiger partial charge in [0.2, 0.25) is 5.88 Å². The fourth-order valence-electron chi connectivity index (χ4n) is 2.23. The molecule has 0 aromatic carbocycles. The van der Waals surface area contributed by atoms with E-state index in [0.717, 1.165) is 4.88 Å². The van der Waals surface area contributed by atoms with Crippen molar-refractivity contribution in [3.63, 3.8) is 0 Å². The number of hydrogen-bond donors (Lipinski definition) is 1. The third-order valence-corrected chi connectivity index (χ3v) is 4.20. The molecule has 0 spiro atoms. The summed E-state index contributed by atoms with van der Waals surface area (Å²) in [6, 6.07) is 5.52. The van der Waals surface area contributed by atoms with Crippen LogP contribution in [-0.4, -0.2) is 26.2 Å². The lowest BCUT2D eigenvalue weighted by Gasteiger charge is -2.26. The molecule has 1 aliphatic rings. The van der Waals surface area contributed by atoms with Crippen molar-refractivity contribution < 1.29 is 23.8 Å². The molecule has 0 unspecified atom stereocenters. The van der Waals surface area contributed by atoms with E-state index in [9.17, 15) is 14.9 Å². The van der Waals surface area contributed by atoms with Gasteiger partial charge in [-0.1, -0.05) is 6.07 Å². The van der Waals surface area contributed by atoms with Crippen LogP contribution in [0, 0.1) is 11.3 Å². The van der Waals surface area contributed by atoms with Gasteiger partial charge in [-0.25, -0.2) is 4.79 Å². The number of ether oxygens (including phenoxy) is 3. The van der Waals surface area contributed by atoms with Crippen LogP contribution >= 0.6 is 11.3 Å². The van der Waals surface area contributed by atoms with Crippen LogP contribution in [0.3, 0.4) is 0 Å². The predicted molar refractivity (Wildman–Crippen MR) is 80.6 cm³/mol. The Bertz CT molecular complexity index is 728. The highest BCUT2D eigenvalue weighted by Gasteiger charge is 2.38. The first-order valence-corrected chi connectivity index (χ1v) is 7.40. The van der Waals surface area contributed by atoms with E-state index < -0.39 is 17.9 Å². The highest BCUT2D eigenvalue weighted by atomic mass is 32.1. The number of methoxy groups -OCH3 is 2. The summed E-state index contributed by atoms with van der Waals surface area (Å²) in [5, 5.41) is 11.2. The predicted octanol–water partition coefficient (Wildman–Crippen LogP) is 1.55. The molecule has 0 fully saturated rings. The van der Waals surface area contributed by atoms with Crippen LogP contribution in [0.15, 0.2) is 40.3 Å². The number of allylic oxidation sites excluding steroid dienone is 1. The molecule has 1 aromatic heterocycles. The zero-order chi connectivity index (χ0) is 17.0. The summed E-state index contributed by atoms with van der Waals surface area (Å²) in [4.78, 5) is 24.5. The highest BCUT2D eigenvalue weighted by Crippen LogP contribution is 2.42. The third kappa shape index (κ3) is 3.19. The van der Waals surface area contributed by atoms with E-state index in [1.165, 1.54) is 25.6 Å². The molecule has 23 heavy (non-hydrogen) atoms. The molecule has 2 heterocycles. The molecule has 1 aliphatic heterocycles. The molecule has 0 bridgehead atoms. The first-order valence-electron chi connectivity index (χ1n) is 6.52. The van der Waals surface area contributed by atoms with Crippen LogP contribution in [-0.2, 0) is 23.8 Å². The van der Waals surface area contributed by atoms with Crippen LogP contribution in [0.25, 0.3) is 0 Å². The van der Waals surface area contributed by atoms with Crippen molar-refractivity contribution in [1.29, 1.82) is 5.26 Å². The molecule has 0 aliphatic carbocycles. The Labute approximate surface area is 136 Å². The topological polar surface area (TPSA) is 112 Å². The summed E-state index contributed by atoms with van der Waals surface area (Å²) >= 11 is 1.35. The smallest absolute Gasteiger partial charge is 0.338 e. The fraction of sp³-hybridized carbons (Fsp3) is 0.267. The van der Waals surface area contributed by atoms with Crippen molar-refractivity contribution in [1.82, 2.24) is 0 Å². The number of hydrogen-bond acceptors (Lipinski definition) is 8. The number of carbonyl (C=O) groups is 2. The van der Waals surface area contributed by atoms with E-state index in [-0.39, 0.29) is 29.2 Å². The van der Waals surface area contributed by atoms with Gasteiger partial charge in [0.25, 0.3) is 0 Å². The van der Waals surface area contributed by atoms with Crippen molar-refractivity contribution >= 4 is 23.3 Å². The minimum Gasteiger partial charge on any atom is -0.469 e. The Kier molecular flexibility index (Phi) is 5.03. The highest BCUT2D eigenvalue weighted by molar-refractivity contribution is 7.10. The van der Waals surface area contributed by atoms with Gasteiger partial charge in [-0.05, 0) is 11.4 Å². The van der Waals surface area contributed by atoms with Gasteiger partial charge in [0, 0.05) is 4.88 Å². The molecule has 0 radical (unpaired) electrons. The van der Waals surface area contributed by atoms with E-state index in [0.29, 0.717) is 0 Å². The molecule has 120 valence electrons. The Hall–Kier alpha value is -2.79. The summed E-state index contributed by atoms with van der Waals surface area (Å²) in [6.45, 7) is 0. The summed E-state index contributed by atoms with van der Waals surface area (Å²) in [6.07, 6.45) is -0.289. The molecule has 0 saturated heterocycles. The molecule has 0 amide bonds. The number of nitrogens with zero attached hydrogens (tertiary/aromatic N) is 1. The van der Waals surface area contributed by atoms with Crippen molar-refractivity contribution in [2.75, 3.05) is 14.2 Å². The molecule has 2 N–H and O–H groups in total. The first-order chi connectivity index (χ1) is 11.0. The minimum atomic E-state index is -0.735. The Morgan fingerprint density at radius 1 is 1.43 bits per heavy atom. The minimum absolute atomic E-state index is 0.0265. The molecule has 2 rings (SSSR count). The number of nitrogens with two attached hydrogens (primary N) is 1. The monoisotopic (exact) mass is 334 g/mol. The quantitative estimate of drug-likeness (QED) is 0.831. The fourth-order valence-corrected chi connectivity index (χ4v) is 3.07. The Morgan fingerprint density at radius 2 is 2.17 bits per heavy atom. The maximum absolute atomic E-state index is 12.2. The molecule has 8 heteroatoms. The summed E-state index contributed by atoms with van der Waals surface area (Å²) in [5.41, 5.74) is 5.97. The second-order valence-electron chi connectivity index (χ2n) is 4.52. The molecular formula is C15H14N2O5S. The van der Waals surface area contributed by atoms with Gasteiger partial charge < -0.3 is 19.9 Å². The number of carbonyl (C=O) groups excluding carboxylic acids is 2. The Morgan fingerprint density at radius 3 is 2.70 bits per heavy atom. The number of rotatable bonds is 4. The van der Waals surface area contributed by atoms with E-state index >= 15 is 0 Å². The molecular weight excluding hydrogens is 320 g/mol. The second-order valence-corrected chi connectivity index (χ2v) is 5.50. The van der Waals surface area contributed by atoms with Gasteiger partial charge in [-0.15, -0.1) is 11.3 Å². The summed E-state index contributed by atoms with van der Waals surface area (Å²) < 4.78 is 14.7. The van der Waals surface area contributed by atoms with Gasteiger partial charge in [-0.3, -0.25) is 4.79 Å². The van der Waals surface area contributed by atoms with E-state index in [4.69, 9.17) is 15.2 Å². The molecule has 7 nitrogen and oxygen atoms in total. The lowest BCUT2D eigenvalue weighted by molar-refractivity contribution is -0.140. The standard InChI is InChI=1S/C15H14N2O5S/c1-20-11(18)6-9-13(15(19)21-2)12(10-4-3-5-23-10)8(7-16)14(17)22-9/h3-5,12H,6,17H2,1-2H3/t12-/m0/s1. The maximum Gasteiger partial charge on any atom is 0.338 e. The zero-order valence-corrected chi connectivity index (χ0v) is 13.3.